The van der Waals surface area contributed by atoms with E-state index in [9.17, 15) is 22.4 Å². The van der Waals surface area contributed by atoms with Gasteiger partial charge in [0.05, 0.1) is 18.4 Å². The van der Waals surface area contributed by atoms with Gasteiger partial charge in [0.1, 0.15) is 16.5 Å². The molecule has 182 valence electrons. The van der Waals surface area contributed by atoms with Crippen LogP contribution in [0.3, 0.4) is 0 Å². The van der Waals surface area contributed by atoms with Crippen molar-refractivity contribution in [1.82, 2.24) is 0 Å². The lowest BCUT2D eigenvalue weighted by molar-refractivity contribution is 0.0318. The van der Waals surface area contributed by atoms with Gasteiger partial charge in [0.15, 0.2) is 6.10 Å². The highest BCUT2D eigenvalue weighted by molar-refractivity contribution is 7.93. The van der Waals surface area contributed by atoms with E-state index in [1.54, 1.807) is 12.1 Å². The van der Waals surface area contributed by atoms with Gasteiger partial charge in [0.25, 0.3) is 10.0 Å². The van der Waals surface area contributed by atoms with Crippen LogP contribution < -0.4 is 9.04 Å². The summed E-state index contributed by atoms with van der Waals surface area (Å²) in [5.41, 5.74) is 1.65. The number of ketones is 1. The molecular formula is C26H24FNO6S. The van der Waals surface area contributed by atoms with E-state index in [0.717, 1.165) is 24.1 Å². The number of carbonyl (C=O) groups excluding carboxylic acids is 2. The Morgan fingerprint density at radius 3 is 2.40 bits per heavy atom. The van der Waals surface area contributed by atoms with Crippen molar-refractivity contribution in [2.45, 2.75) is 30.8 Å². The summed E-state index contributed by atoms with van der Waals surface area (Å²) in [5.74, 6) is -1.79. The minimum atomic E-state index is -4.07. The Morgan fingerprint density at radius 1 is 1.00 bits per heavy atom. The molecule has 9 heteroatoms. The minimum Gasteiger partial charge on any atom is -0.495 e. The van der Waals surface area contributed by atoms with Gasteiger partial charge in [-0.3, -0.25) is 9.10 Å². The fourth-order valence-electron chi connectivity index (χ4n) is 4.00. The fourth-order valence-corrected chi connectivity index (χ4v) is 5.73. The molecule has 1 unspecified atom stereocenters. The van der Waals surface area contributed by atoms with Crippen LogP contribution in [0, 0.1) is 5.82 Å². The van der Waals surface area contributed by atoms with Gasteiger partial charge in [0, 0.05) is 12.1 Å². The molecule has 0 bridgehead atoms. The number of anilines is 1. The smallest absolute Gasteiger partial charge is 0.338 e. The molecule has 0 saturated carbocycles. The van der Waals surface area contributed by atoms with Crippen LogP contribution in [0.5, 0.6) is 5.75 Å². The number of halogens is 1. The molecule has 0 spiro atoms. The number of aryl methyl sites for hydroxylation is 1. The highest BCUT2D eigenvalue weighted by Gasteiger charge is 2.32. The zero-order chi connectivity index (χ0) is 25.2. The summed E-state index contributed by atoms with van der Waals surface area (Å²) < 4.78 is 52.4. The molecule has 1 aliphatic rings. The molecular weight excluding hydrogens is 473 g/mol. The van der Waals surface area contributed by atoms with E-state index in [2.05, 4.69) is 0 Å². The number of carbonyl (C=O) groups is 2. The Morgan fingerprint density at radius 2 is 1.69 bits per heavy atom. The number of hydrogen-bond donors (Lipinski definition) is 0. The molecule has 1 heterocycles. The molecule has 0 fully saturated rings. The summed E-state index contributed by atoms with van der Waals surface area (Å²) in [7, 11) is -2.72. The van der Waals surface area contributed by atoms with Crippen LogP contribution >= 0.6 is 0 Å². The van der Waals surface area contributed by atoms with E-state index in [-0.39, 0.29) is 21.8 Å². The number of methoxy groups -OCH3 is 1. The van der Waals surface area contributed by atoms with Gasteiger partial charge in [-0.1, -0.05) is 18.2 Å². The first-order valence-electron chi connectivity index (χ1n) is 11.0. The average molecular weight is 498 g/mol. The van der Waals surface area contributed by atoms with Crippen LogP contribution in [0.4, 0.5) is 10.1 Å². The summed E-state index contributed by atoms with van der Waals surface area (Å²) in [5, 5.41) is 0. The maximum absolute atomic E-state index is 13.7. The van der Waals surface area contributed by atoms with Gasteiger partial charge in [0.2, 0.25) is 5.78 Å². The molecule has 0 amide bonds. The Hall–Kier alpha value is -3.72. The van der Waals surface area contributed by atoms with Gasteiger partial charge in [-0.2, -0.15) is 0 Å². The molecule has 3 aromatic carbocycles. The van der Waals surface area contributed by atoms with Gasteiger partial charge >= 0.3 is 5.97 Å². The molecule has 4 rings (SSSR count). The normalized spacial score (nSPS) is 14.1. The van der Waals surface area contributed by atoms with E-state index in [1.165, 1.54) is 48.7 Å². The minimum absolute atomic E-state index is 0.0478. The molecule has 3 aromatic rings. The quantitative estimate of drug-likeness (QED) is 0.355. The summed E-state index contributed by atoms with van der Waals surface area (Å²) in [6.07, 6.45) is 0.263. The predicted molar refractivity (Wildman–Crippen MR) is 128 cm³/mol. The second-order valence-electron chi connectivity index (χ2n) is 8.09. The zero-order valence-corrected chi connectivity index (χ0v) is 20.0. The molecule has 0 aliphatic carbocycles. The lowest BCUT2D eigenvalue weighted by Crippen LogP contribution is -2.35. The van der Waals surface area contributed by atoms with Crippen LogP contribution in [-0.2, 0) is 21.2 Å². The van der Waals surface area contributed by atoms with Crippen molar-refractivity contribution in [2.75, 3.05) is 18.0 Å². The Balaban J connectivity index is 1.62. The van der Waals surface area contributed by atoms with Crippen LogP contribution in [0.1, 0.15) is 39.6 Å². The predicted octanol–water partition coefficient (Wildman–Crippen LogP) is 4.40. The highest BCUT2D eigenvalue weighted by Crippen LogP contribution is 2.35. The molecule has 1 atom stereocenters. The first-order valence-corrected chi connectivity index (χ1v) is 12.5. The SMILES string of the molecule is COc1ccc(C(=O)OC(C)C(=O)c2ccc(F)cc2)cc1S(=O)(=O)N1CCCc2ccccc21. The van der Waals surface area contributed by atoms with Crippen LogP contribution in [-0.4, -0.2) is 39.9 Å². The van der Waals surface area contributed by atoms with Gasteiger partial charge in [-0.25, -0.2) is 17.6 Å². The summed E-state index contributed by atoms with van der Waals surface area (Å²) in [6, 6.07) is 16.1. The molecule has 0 saturated heterocycles. The highest BCUT2D eigenvalue weighted by atomic mass is 32.2. The number of ether oxygens (including phenoxy) is 2. The zero-order valence-electron chi connectivity index (χ0n) is 19.2. The van der Waals surface area contributed by atoms with E-state index >= 15 is 0 Å². The number of nitrogens with zero attached hydrogens (tertiary/aromatic N) is 1. The Labute approximate surface area is 203 Å². The van der Waals surface area contributed by atoms with Gasteiger partial charge in [-0.05, 0) is 73.9 Å². The van der Waals surface area contributed by atoms with Crippen LogP contribution in [0.15, 0.2) is 71.6 Å². The van der Waals surface area contributed by atoms with Crippen molar-refractivity contribution >= 4 is 27.5 Å². The molecule has 0 aromatic heterocycles. The molecule has 0 radical (unpaired) electrons. The molecule has 35 heavy (non-hydrogen) atoms. The second kappa shape index (κ2) is 9.87. The standard InChI is InChI=1S/C26H24FNO6S/c1-17(25(29)19-9-12-21(27)13-10-19)34-26(30)20-11-14-23(33-2)24(16-20)35(31,32)28-15-5-7-18-6-3-4-8-22(18)28/h3-4,6,8-14,16-17H,5,7,15H2,1-2H3. The number of para-hydroxylation sites is 1. The van der Waals surface area contributed by atoms with Crippen molar-refractivity contribution in [1.29, 1.82) is 0 Å². The number of hydrogen-bond acceptors (Lipinski definition) is 6. The maximum atomic E-state index is 13.7. The monoisotopic (exact) mass is 497 g/mol. The third-order valence-electron chi connectivity index (χ3n) is 5.82. The number of fused-ring (bicyclic) bond motifs is 1. The van der Waals surface area contributed by atoms with Crippen molar-refractivity contribution in [3.05, 3.63) is 89.2 Å². The maximum Gasteiger partial charge on any atom is 0.338 e. The van der Waals surface area contributed by atoms with E-state index in [4.69, 9.17) is 9.47 Å². The number of benzene rings is 3. The van der Waals surface area contributed by atoms with Gasteiger partial charge < -0.3 is 9.47 Å². The fraction of sp³-hybridized carbons (Fsp3) is 0.231. The first-order chi connectivity index (χ1) is 16.7. The summed E-state index contributed by atoms with van der Waals surface area (Å²) >= 11 is 0. The topological polar surface area (TPSA) is 90.0 Å². The van der Waals surface area contributed by atoms with E-state index in [1.807, 2.05) is 12.1 Å². The largest absolute Gasteiger partial charge is 0.495 e. The number of esters is 1. The lowest BCUT2D eigenvalue weighted by atomic mass is 10.0. The summed E-state index contributed by atoms with van der Waals surface area (Å²) in [4.78, 5) is 25.2. The van der Waals surface area contributed by atoms with Crippen LogP contribution in [0.25, 0.3) is 0 Å². The summed E-state index contributed by atoms with van der Waals surface area (Å²) in [6.45, 7) is 1.69. The van der Waals surface area contributed by atoms with Crippen molar-refractivity contribution in [3.8, 4) is 5.75 Å². The number of Topliss-reactive ketones (excluding diaryl/α,β-unsaturated/α-hetero) is 1. The third-order valence-corrected chi connectivity index (χ3v) is 7.65. The Bertz CT molecular complexity index is 1370. The number of rotatable bonds is 7. The molecule has 0 N–H and O–H groups in total. The number of sulfonamides is 1. The van der Waals surface area contributed by atoms with Crippen LogP contribution in [0.2, 0.25) is 0 Å². The van der Waals surface area contributed by atoms with Crippen molar-refractivity contribution < 1.29 is 31.9 Å². The molecule has 7 nitrogen and oxygen atoms in total. The van der Waals surface area contributed by atoms with E-state index < -0.39 is 33.7 Å². The second-order valence-corrected chi connectivity index (χ2v) is 9.92. The molecule has 1 aliphatic heterocycles. The van der Waals surface area contributed by atoms with Gasteiger partial charge in [-0.15, -0.1) is 0 Å². The average Bonchev–Trinajstić information content (AvgIpc) is 2.87. The lowest BCUT2D eigenvalue weighted by Gasteiger charge is -2.31. The van der Waals surface area contributed by atoms with E-state index in [0.29, 0.717) is 18.7 Å². The van der Waals surface area contributed by atoms with Crippen molar-refractivity contribution in [2.24, 2.45) is 0 Å². The van der Waals surface area contributed by atoms with Crippen molar-refractivity contribution in [3.63, 3.8) is 0 Å². The third kappa shape index (κ3) is 4.90. The first kappa shape index (κ1) is 24.4. The Kier molecular flexibility index (Phi) is 6.88.